The minimum absolute atomic E-state index is 0.586. The third-order valence-electron chi connectivity index (χ3n) is 4.42. The van der Waals surface area contributed by atoms with E-state index < -0.39 is 0 Å². The summed E-state index contributed by atoms with van der Waals surface area (Å²) in [6.45, 7) is 19.0. The van der Waals surface area contributed by atoms with Crippen molar-refractivity contribution in [2.45, 2.75) is 33.6 Å². The van der Waals surface area contributed by atoms with Gasteiger partial charge in [0.25, 0.3) is 0 Å². The Morgan fingerprint density at radius 1 is 0.333 bits per heavy atom. The first-order valence-corrected chi connectivity index (χ1v) is 12.7. The molecule has 0 fully saturated rings. The van der Waals surface area contributed by atoms with Crippen molar-refractivity contribution < 1.29 is 37.9 Å². The molecule has 9 heteroatoms. The lowest BCUT2D eigenvalue weighted by Gasteiger charge is -2.22. The Morgan fingerprint density at radius 2 is 0.606 bits per heavy atom. The van der Waals surface area contributed by atoms with Crippen molar-refractivity contribution in [3.8, 4) is 0 Å². The zero-order chi connectivity index (χ0) is 24.1. The average Bonchev–Trinajstić information content (AvgIpc) is 2.83. The summed E-state index contributed by atoms with van der Waals surface area (Å²) in [7, 11) is 0. The van der Waals surface area contributed by atoms with Crippen molar-refractivity contribution in [3.63, 3.8) is 0 Å². The van der Waals surface area contributed by atoms with E-state index >= 15 is 0 Å². The molecule has 200 valence electrons. The molecule has 33 heavy (non-hydrogen) atoms. The summed E-state index contributed by atoms with van der Waals surface area (Å²) in [6.07, 6.45) is 2.06. The van der Waals surface area contributed by atoms with E-state index in [4.69, 9.17) is 37.9 Å². The molecule has 0 aromatic heterocycles. The molecule has 0 radical (unpaired) electrons. The van der Waals surface area contributed by atoms with Gasteiger partial charge < -0.3 is 37.9 Å². The van der Waals surface area contributed by atoms with Gasteiger partial charge >= 0.3 is 0 Å². The Kier molecular flexibility index (Phi) is 29.3. The smallest absolute Gasteiger partial charge is 0.0701 e. The Hall–Kier alpha value is -0.360. The van der Waals surface area contributed by atoms with E-state index in [9.17, 15) is 0 Å². The van der Waals surface area contributed by atoms with Crippen LogP contribution in [0.3, 0.4) is 0 Å². The van der Waals surface area contributed by atoms with Gasteiger partial charge in [0.05, 0.1) is 85.9 Å². The zero-order valence-corrected chi connectivity index (χ0v) is 21.6. The van der Waals surface area contributed by atoms with Crippen LogP contribution in [0.4, 0.5) is 0 Å². The van der Waals surface area contributed by atoms with Gasteiger partial charge in [-0.05, 0) is 19.8 Å². The topological polar surface area (TPSA) is 77.1 Å². The lowest BCUT2D eigenvalue weighted by Crippen LogP contribution is -2.34. The molecule has 0 N–H and O–H groups in total. The van der Waals surface area contributed by atoms with Crippen LogP contribution in [-0.4, -0.2) is 130 Å². The lowest BCUT2D eigenvalue weighted by atomic mass is 10.4. The Bertz CT molecular complexity index is 328. The van der Waals surface area contributed by atoms with Crippen LogP contribution in [-0.2, 0) is 37.9 Å². The molecule has 0 saturated heterocycles. The second-order valence-electron chi connectivity index (χ2n) is 7.33. The predicted molar refractivity (Wildman–Crippen MR) is 129 cm³/mol. The number of ether oxygens (including phenoxy) is 8. The second kappa shape index (κ2) is 29.7. The van der Waals surface area contributed by atoms with Gasteiger partial charge in [-0.1, -0.05) is 13.8 Å². The number of rotatable bonds is 29. The molecule has 0 aromatic rings. The fraction of sp³-hybridized carbons (Fsp3) is 1.00. The van der Waals surface area contributed by atoms with Gasteiger partial charge in [-0.25, -0.2) is 0 Å². The minimum atomic E-state index is 0.586. The molecule has 0 aliphatic carbocycles. The van der Waals surface area contributed by atoms with Gasteiger partial charge in [0.1, 0.15) is 0 Å². The van der Waals surface area contributed by atoms with Gasteiger partial charge in [0.2, 0.25) is 0 Å². The van der Waals surface area contributed by atoms with Crippen LogP contribution in [0.2, 0.25) is 0 Å². The van der Waals surface area contributed by atoms with Crippen LogP contribution in [0.1, 0.15) is 33.6 Å². The van der Waals surface area contributed by atoms with Crippen molar-refractivity contribution in [3.05, 3.63) is 0 Å². The van der Waals surface area contributed by atoms with Crippen LogP contribution >= 0.6 is 0 Å². The maximum atomic E-state index is 5.71. The number of hydrogen-bond donors (Lipinski definition) is 0. The molecule has 0 spiro atoms. The summed E-state index contributed by atoms with van der Waals surface area (Å²) >= 11 is 0. The van der Waals surface area contributed by atoms with Crippen molar-refractivity contribution in [2.24, 2.45) is 0 Å². The summed E-state index contributed by atoms with van der Waals surface area (Å²) in [5.41, 5.74) is 0. The Balaban J connectivity index is 3.79. The fourth-order valence-electron chi connectivity index (χ4n) is 2.65. The van der Waals surface area contributed by atoms with Crippen LogP contribution in [0.5, 0.6) is 0 Å². The molecular weight excluding hydrogens is 430 g/mol. The summed E-state index contributed by atoms with van der Waals surface area (Å²) in [5.74, 6) is 0. The maximum Gasteiger partial charge on any atom is 0.0701 e. The van der Waals surface area contributed by atoms with E-state index in [1.54, 1.807) is 0 Å². The van der Waals surface area contributed by atoms with Crippen molar-refractivity contribution >= 4 is 0 Å². The highest BCUT2D eigenvalue weighted by Crippen LogP contribution is 1.93. The van der Waals surface area contributed by atoms with Gasteiger partial charge in [-0.3, -0.25) is 4.90 Å². The third-order valence-corrected chi connectivity index (χ3v) is 4.42. The van der Waals surface area contributed by atoms with E-state index in [-0.39, 0.29) is 0 Å². The molecule has 0 unspecified atom stereocenters. The first-order valence-electron chi connectivity index (χ1n) is 12.7. The largest absolute Gasteiger partial charge is 0.379 e. The predicted octanol–water partition coefficient (Wildman–Crippen LogP) is 2.26. The zero-order valence-electron chi connectivity index (χ0n) is 21.6. The van der Waals surface area contributed by atoms with Gasteiger partial charge in [0, 0.05) is 39.5 Å². The fourth-order valence-corrected chi connectivity index (χ4v) is 2.65. The summed E-state index contributed by atoms with van der Waals surface area (Å²) in [4.78, 5) is 2.29. The maximum absolute atomic E-state index is 5.71. The van der Waals surface area contributed by atoms with E-state index in [0.29, 0.717) is 85.9 Å². The normalized spacial score (nSPS) is 11.6. The molecule has 0 saturated carbocycles. The van der Waals surface area contributed by atoms with Crippen LogP contribution < -0.4 is 0 Å². The van der Waals surface area contributed by atoms with Gasteiger partial charge in [-0.15, -0.1) is 0 Å². The van der Waals surface area contributed by atoms with Crippen LogP contribution in [0, 0.1) is 0 Å². The average molecular weight is 482 g/mol. The monoisotopic (exact) mass is 481 g/mol. The van der Waals surface area contributed by atoms with Crippen molar-refractivity contribution in [2.75, 3.05) is 125 Å². The Labute approximate surface area is 202 Å². The van der Waals surface area contributed by atoms with Gasteiger partial charge in [-0.2, -0.15) is 0 Å². The van der Waals surface area contributed by atoms with E-state index in [1.807, 2.05) is 6.92 Å². The summed E-state index contributed by atoms with van der Waals surface area (Å²) in [6, 6.07) is 0. The number of nitrogens with zero attached hydrogens (tertiary/aromatic N) is 1. The van der Waals surface area contributed by atoms with E-state index in [2.05, 4.69) is 18.7 Å². The van der Waals surface area contributed by atoms with Gasteiger partial charge in [0.15, 0.2) is 0 Å². The highest BCUT2D eigenvalue weighted by molar-refractivity contribution is 4.57. The molecule has 0 amide bonds. The van der Waals surface area contributed by atoms with Crippen LogP contribution in [0.15, 0.2) is 0 Å². The molecule has 0 aliphatic rings. The van der Waals surface area contributed by atoms with Crippen molar-refractivity contribution in [1.29, 1.82) is 0 Å². The molecular formula is C24H51NO8. The lowest BCUT2D eigenvalue weighted by molar-refractivity contribution is -0.00250. The summed E-state index contributed by atoms with van der Waals surface area (Å²) in [5, 5.41) is 0. The van der Waals surface area contributed by atoms with Crippen LogP contribution in [0.25, 0.3) is 0 Å². The molecule has 0 bridgehead atoms. The molecule has 0 rings (SSSR count). The Morgan fingerprint density at radius 3 is 0.909 bits per heavy atom. The second-order valence-corrected chi connectivity index (χ2v) is 7.33. The minimum Gasteiger partial charge on any atom is -0.379 e. The first-order chi connectivity index (χ1) is 16.3. The molecule has 0 atom stereocenters. The molecule has 9 nitrogen and oxygen atoms in total. The third kappa shape index (κ3) is 27.8. The SMILES string of the molecule is CCCOCCOCCOCCN(CCOCCOCC)CCOCCOCCOCCC. The molecule has 0 heterocycles. The molecule has 0 aliphatic heterocycles. The number of hydrogen-bond acceptors (Lipinski definition) is 9. The standard InChI is InChI=1S/C24H51NO8/c1-4-10-27-17-21-32-23-19-30-13-8-25(7-12-29-16-15-26-6-3)9-14-31-20-24-33-22-18-28-11-5-2/h4-24H2,1-3H3. The van der Waals surface area contributed by atoms with E-state index in [0.717, 1.165) is 52.3 Å². The highest BCUT2D eigenvalue weighted by Gasteiger charge is 2.05. The quantitative estimate of drug-likeness (QED) is 0.150. The first kappa shape index (κ1) is 32.6. The molecule has 0 aromatic carbocycles. The summed E-state index contributed by atoms with van der Waals surface area (Å²) < 4.78 is 44.1. The van der Waals surface area contributed by atoms with E-state index in [1.165, 1.54) is 0 Å². The highest BCUT2D eigenvalue weighted by atomic mass is 16.6. The van der Waals surface area contributed by atoms with Crippen molar-refractivity contribution in [1.82, 2.24) is 4.90 Å².